The first-order chi connectivity index (χ1) is 40.5. The highest BCUT2D eigenvalue weighted by molar-refractivity contribution is 5.71. The average molecular weight is 1150 g/mol. The zero-order chi connectivity index (χ0) is 59.2. The topological polar surface area (TPSA) is 78.9 Å². The van der Waals surface area contributed by atoms with Crippen LogP contribution in [0.5, 0.6) is 0 Å². The number of carbonyl (C=O) groups excluding carboxylic acids is 3. The smallest absolute Gasteiger partial charge is 0.306 e. The molecule has 0 N–H and O–H groups in total. The molecule has 0 aromatic carbocycles. The van der Waals surface area contributed by atoms with Crippen LogP contribution in [0.2, 0.25) is 0 Å². The molecule has 1 unspecified atom stereocenters. The molecule has 6 nitrogen and oxygen atoms in total. The minimum atomic E-state index is -0.809. The van der Waals surface area contributed by atoms with Crippen LogP contribution in [0.25, 0.3) is 0 Å². The van der Waals surface area contributed by atoms with Gasteiger partial charge in [-0.05, 0) is 83.5 Å². The van der Waals surface area contributed by atoms with Crippen LogP contribution in [-0.4, -0.2) is 37.2 Å². The Labute approximate surface area is 510 Å². The van der Waals surface area contributed by atoms with E-state index in [-0.39, 0.29) is 37.5 Å². The van der Waals surface area contributed by atoms with Gasteiger partial charge < -0.3 is 14.2 Å². The van der Waals surface area contributed by atoms with Gasteiger partial charge in [0.15, 0.2) is 6.10 Å². The summed E-state index contributed by atoms with van der Waals surface area (Å²) in [5.41, 5.74) is 0. The largest absolute Gasteiger partial charge is 0.462 e. The summed E-state index contributed by atoms with van der Waals surface area (Å²) in [6.07, 6.45) is 92.6. The van der Waals surface area contributed by atoms with Gasteiger partial charge in [0.1, 0.15) is 13.2 Å². The van der Waals surface area contributed by atoms with E-state index < -0.39 is 6.10 Å². The number of esters is 3. The van der Waals surface area contributed by atoms with E-state index in [1.54, 1.807) is 0 Å². The molecule has 0 bridgehead atoms. The minimum Gasteiger partial charge on any atom is -0.462 e. The Kier molecular flexibility index (Phi) is 67.6. The lowest BCUT2D eigenvalue weighted by molar-refractivity contribution is -0.167. The lowest BCUT2D eigenvalue weighted by Gasteiger charge is -2.18. The normalized spacial score (nSPS) is 12.5. The van der Waals surface area contributed by atoms with Crippen LogP contribution in [0.3, 0.4) is 0 Å². The predicted octanol–water partition coefficient (Wildman–Crippen LogP) is 24.8. The van der Waals surface area contributed by atoms with Gasteiger partial charge in [-0.2, -0.15) is 0 Å². The third kappa shape index (κ3) is 67.6. The van der Waals surface area contributed by atoms with Gasteiger partial charge in [0, 0.05) is 19.3 Å². The second-order valence-electron chi connectivity index (χ2n) is 24.1. The van der Waals surface area contributed by atoms with Gasteiger partial charge in [-0.15, -0.1) is 0 Å². The summed E-state index contributed by atoms with van der Waals surface area (Å²) in [7, 11) is 0. The molecule has 0 aromatic heterocycles. The van der Waals surface area contributed by atoms with E-state index in [0.717, 1.165) is 83.5 Å². The second-order valence-corrected chi connectivity index (χ2v) is 24.1. The average Bonchev–Trinajstić information content (AvgIpc) is 3.47. The van der Waals surface area contributed by atoms with E-state index in [1.807, 2.05) is 0 Å². The first-order valence-electron chi connectivity index (χ1n) is 35.9. The molecule has 0 radical (unpaired) electrons. The lowest BCUT2D eigenvalue weighted by atomic mass is 10.0. The van der Waals surface area contributed by atoms with Crippen molar-refractivity contribution >= 4 is 17.9 Å². The highest BCUT2D eigenvalue weighted by atomic mass is 16.6. The van der Waals surface area contributed by atoms with Gasteiger partial charge in [-0.3, -0.25) is 14.4 Å². The third-order valence-electron chi connectivity index (χ3n) is 15.9. The quantitative estimate of drug-likeness (QED) is 0.0261. The number of unbranched alkanes of at least 4 members (excludes halogenated alkanes) is 43. The first-order valence-corrected chi connectivity index (χ1v) is 35.9. The van der Waals surface area contributed by atoms with Crippen LogP contribution in [-0.2, 0) is 28.6 Å². The van der Waals surface area contributed by atoms with Crippen LogP contribution >= 0.6 is 0 Å². The summed E-state index contributed by atoms with van der Waals surface area (Å²) < 4.78 is 16.9. The summed E-state index contributed by atoms with van der Waals surface area (Å²) in [4.78, 5) is 38.3. The SMILES string of the molecule is CC/C=C\C/C=C\C/C=C\C/C=C\C/C=C\CCCC(=O)OC(COC(=O)CCCCCCC/C=C\CCCCCC)COC(=O)CCCCCCCCCCCCCCCCCCCCCCCCCCCCCCCCCCCC. The van der Waals surface area contributed by atoms with Crippen molar-refractivity contribution in [2.75, 3.05) is 13.2 Å². The molecule has 0 rings (SSSR count). The van der Waals surface area contributed by atoms with Gasteiger partial charge in [-0.1, -0.05) is 344 Å². The highest BCUT2D eigenvalue weighted by Gasteiger charge is 2.19. The third-order valence-corrected chi connectivity index (χ3v) is 15.9. The van der Waals surface area contributed by atoms with Crippen LogP contribution < -0.4 is 0 Å². The molecule has 0 aliphatic heterocycles. The summed E-state index contributed by atoms with van der Waals surface area (Å²) in [5, 5.41) is 0. The molecule has 0 fully saturated rings. The summed E-state index contributed by atoms with van der Waals surface area (Å²) in [5.74, 6) is -0.949. The summed E-state index contributed by atoms with van der Waals surface area (Å²) in [6, 6.07) is 0. The molecule has 0 aliphatic carbocycles. The zero-order valence-corrected chi connectivity index (χ0v) is 54.8. The van der Waals surface area contributed by atoms with E-state index in [2.05, 4.69) is 93.7 Å². The first kappa shape index (κ1) is 78.8. The molecule has 6 heteroatoms. The van der Waals surface area contributed by atoms with Crippen molar-refractivity contribution in [3.63, 3.8) is 0 Å². The van der Waals surface area contributed by atoms with Crippen molar-refractivity contribution in [1.29, 1.82) is 0 Å². The Hall–Kier alpha value is -3.15. The maximum atomic E-state index is 12.9. The van der Waals surface area contributed by atoms with E-state index in [1.165, 1.54) is 244 Å². The van der Waals surface area contributed by atoms with Gasteiger partial charge in [0.2, 0.25) is 0 Å². The Morgan fingerprint density at radius 3 is 0.805 bits per heavy atom. The molecular formula is C76H136O6. The summed E-state index contributed by atoms with van der Waals surface area (Å²) in [6.45, 7) is 6.51. The molecule has 0 saturated heterocycles. The molecule has 0 aliphatic rings. The van der Waals surface area contributed by atoms with Crippen LogP contribution in [0.1, 0.15) is 374 Å². The lowest BCUT2D eigenvalue weighted by Crippen LogP contribution is -2.30. The fourth-order valence-corrected chi connectivity index (χ4v) is 10.6. The van der Waals surface area contributed by atoms with Crippen molar-refractivity contribution in [1.82, 2.24) is 0 Å². The maximum absolute atomic E-state index is 12.9. The van der Waals surface area contributed by atoms with Gasteiger partial charge in [0.05, 0.1) is 0 Å². The molecule has 1 atom stereocenters. The second kappa shape index (κ2) is 70.3. The van der Waals surface area contributed by atoms with Crippen LogP contribution in [0, 0.1) is 0 Å². The number of allylic oxidation sites excluding steroid dienone is 12. The van der Waals surface area contributed by atoms with Crippen molar-refractivity contribution in [2.45, 2.75) is 380 Å². The Balaban J connectivity index is 4.14. The highest BCUT2D eigenvalue weighted by Crippen LogP contribution is 2.18. The monoisotopic (exact) mass is 1150 g/mol. The number of ether oxygens (including phenoxy) is 3. The summed E-state index contributed by atoms with van der Waals surface area (Å²) >= 11 is 0. The van der Waals surface area contributed by atoms with Crippen LogP contribution in [0.15, 0.2) is 72.9 Å². The van der Waals surface area contributed by atoms with Crippen molar-refractivity contribution < 1.29 is 28.6 Å². The zero-order valence-electron chi connectivity index (χ0n) is 54.8. The molecule has 0 heterocycles. The van der Waals surface area contributed by atoms with E-state index in [0.29, 0.717) is 19.3 Å². The van der Waals surface area contributed by atoms with E-state index >= 15 is 0 Å². The molecule has 476 valence electrons. The van der Waals surface area contributed by atoms with Crippen molar-refractivity contribution in [3.8, 4) is 0 Å². The Bertz CT molecular complexity index is 1500. The van der Waals surface area contributed by atoms with Crippen LogP contribution in [0.4, 0.5) is 0 Å². The molecule has 0 aromatic rings. The standard InChI is InChI=1S/C76H136O6/c1-4-7-10-13-16-19-22-25-27-29-30-31-32-33-34-35-36-37-38-39-40-41-42-43-44-45-47-48-51-54-57-60-63-66-69-75(78)81-72-73(71-80-74(77)68-65-62-59-56-53-50-24-21-18-15-12-9-6-3)82-76(79)70-67-64-61-58-55-52-49-46-28-26-23-20-17-14-11-8-5-2/h8,11,17,20-21,24,26,28,49,52,58,61,73H,4-7,9-10,12-16,18-19,22-23,25,27,29-48,50-51,53-57,59-60,62-72H2,1-3H3/b11-8-,20-17-,24-21-,28-26-,52-49-,61-58-. The van der Waals surface area contributed by atoms with Gasteiger partial charge >= 0.3 is 17.9 Å². The number of carbonyl (C=O) groups is 3. The molecular weight excluding hydrogens is 1010 g/mol. The van der Waals surface area contributed by atoms with Crippen molar-refractivity contribution in [3.05, 3.63) is 72.9 Å². The van der Waals surface area contributed by atoms with E-state index in [9.17, 15) is 14.4 Å². The predicted molar refractivity (Wildman–Crippen MR) is 358 cm³/mol. The maximum Gasteiger partial charge on any atom is 0.306 e. The van der Waals surface area contributed by atoms with E-state index in [4.69, 9.17) is 14.2 Å². The molecule has 0 saturated carbocycles. The Morgan fingerprint density at radius 2 is 0.488 bits per heavy atom. The minimum absolute atomic E-state index is 0.0977. The fraction of sp³-hybridized carbons (Fsp3) is 0.803. The fourth-order valence-electron chi connectivity index (χ4n) is 10.6. The molecule has 82 heavy (non-hydrogen) atoms. The van der Waals surface area contributed by atoms with Gasteiger partial charge in [0.25, 0.3) is 0 Å². The van der Waals surface area contributed by atoms with Gasteiger partial charge in [-0.25, -0.2) is 0 Å². The number of hydrogen-bond acceptors (Lipinski definition) is 6. The number of hydrogen-bond donors (Lipinski definition) is 0. The van der Waals surface area contributed by atoms with Crippen molar-refractivity contribution in [2.24, 2.45) is 0 Å². The molecule has 0 spiro atoms. The number of rotatable bonds is 66. The Morgan fingerprint density at radius 1 is 0.256 bits per heavy atom. The molecule has 0 amide bonds.